The van der Waals surface area contributed by atoms with Crippen LogP contribution in [0.2, 0.25) is 19.6 Å². The van der Waals surface area contributed by atoms with E-state index in [9.17, 15) is 4.21 Å². The molecule has 0 aliphatic heterocycles. The van der Waals surface area contributed by atoms with Gasteiger partial charge in [-0.3, -0.25) is 8.74 Å². The molecule has 0 aromatic heterocycles. The van der Waals surface area contributed by atoms with Crippen LogP contribution in [-0.4, -0.2) is 23.4 Å². The van der Waals surface area contributed by atoms with E-state index in [1.165, 1.54) is 0 Å². The van der Waals surface area contributed by atoms with Gasteiger partial charge in [0, 0.05) is 0 Å². The first kappa shape index (κ1) is 10.8. The van der Waals surface area contributed by atoms with Crippen molar-refractivity contribution in [2.24, 2.45) is 0 Å². The first-order valence-electron chi connectivity index (χ1n) is 3.16. The lowest BCUT2D eigenvalue weighted by molar-refractivity contribution is 0.348. The largest absolute Gasteiger partial charge is 0.302 e. The van der Waals surface area contributed by atoms with Crippen LogP contribution in [0, 0.1) is 11.5 Å². The fraction of sp³-hybridized carbons (Fsp3) is 0.667. The van der Waals surface area contributed by atoms with Crippen molar-refractivity contribution in [1.82, 2.24) is 0 Å². The Morgan fingerprint density at radius 1 is 1.55 bits per heavy atom. The molecule has 1 atom stereocenters. The minimum absolute atomic E-state index is 0.0351. The molecule has 0 aromatic rings. The zero-order chi connectivity index (χ0) is 8.91. The molecule has 64 valence electrons. The predicted molar refractivity (Wildman–Crippen MR) is 47.8 cm³/mol. The lowest BCUT2D eigenvalue weighted by atomic mass is 10.8. The summed E-state index contributed by atoms with van der Waals surface area (Å²) in [5.41, 5.74) is 3.00. The molecule has 0 aliphatic carbocycles. The van der Waals surface area contributed by atoms with Gasteiger partial charge < -0.3 is 0 Å². The minimum Gasteiger partial charge on any atom is -0.284 e. The van der Waals surface area contributed by atoms with E-state index >= 15 is 0 Å². The summed E-state index contributed by atoms with van der Waals surface area (Å²) in [6.45, 7) is 6.31. The molecule has 0 saturated heterocycles. The van der Waals surface area contributed by atoms with E-state index in [1.807, 2.05) is 0 Å². The fourth-order valence-corrected chi connectivity index (χ4v) is 1.14. The first-order chi connectivity index (χ1) is 4.92. The van der Waals surface area contributed by atoms with Crippen LogP contribution in [0.15, 0.2) is 0 Å². The highest BCUT2D eigenvalue weighted by atomic mass is 32.2. The van der Waals surface area contributed by atoms with Gasteiger partial charge in [0.15, 0.2) is 0 Å². The highest BCUT2D eigenvalue weighted by Gasteiger charge is 2.06. The van der Waals surface area contributed by atoms with Gasteiger partial charge in [0.2, 0.25) is 0 Å². The Morgan fingerprint density at radius 3 is 2.45 bits per heavy atom. The average Bonchev–Trinajstić information content (AvgIpc) is 1.78. The van der Waals surface area contributed by atoms with Gasteiger partial charge in [-0.1, -0.05) is 25.6 Å². The summed E-state index contributed by atoms with van der Waals surface area (Å²) >= 11 is -2.18. The van der Waals surface area contributed by atoms with Crippen molar-refractivity contribution in [3.05, 3.63) is 0 Å². The molecule has 0 amide bonds. The predicted octanol–water partition coefficient (Wildman–Crippen LogP) is 1.02. The molecule has 0 aromatic carbocycles. The highest BCUT2D eigenvalue weighted by Crippen LogP contribution is 1.95. The molecule has 0 bridgehead atoms. The van der Waals surface area contributed by atoms with Gasteiger partial charge in [-0.05, 0) is 0 Å². The third-order valence-corrected chi connectivity index (χ3v) is 1.94. The molecule has 0 aliphatic rings. The van der Waals surface area contributed by atoms with Crippen LogP contribution in [0.3, 0.4) is 0 Å². The normalized spacial score (nSPS) is 13.5. The maximum Gasteiger partial charge on any atom is 0.302 e. The van der Waals surface area contributed by atoms with Crippen LogP contribution in [0.1, 0.15) is 0 Å². The van der Waals surface area contributed by atoms with Crippen LogP contribution in [-0.2, 0) is 15.5 Å². The zero-order valence-corrected chi connectivity index (χ0v) is 8.70. The Morgan fingerprint density at radius 2 is 2.09 bits per heavy atom. The number of rotatable bonds is 2. The third kappa shape index (κ3) is 9.85. The summed E-state index contributed by atoms with van der Waals surface area (Å²) in [6.07, 6.45) is 0. The van der Waals surface area contributed by atoms with Crippen LogP contribution < -0.4 is 0 Å². The molecular weight excluding hydrogens is 180 g/mol. The summed E-state index contributed by atoms with van der Waals surface area (Å²) in [5.74, 6) is 2.69. The molecule has 0 fully saturated rings. The molecule has 5 heteroatoms. The molecule has 11 heavy (non-hydrogen) atoms. The third-order valence-electron chi connectivity index (χ3n) is 0.695. The zero-order valence-electron chi connectivity index (χ0n) is 6.88. The van der Waals surface area contributed by atoms with Crippen molar-refractivity contribution in [3.63, 3.8) is 0 Å². The van der Waals surface area contributed by atoms with Gasteiger partial charge in [0.25, 0.3) is 0 Å². The molecule has 0 saturated carbocycles. The quantitative estimate of drug-likeness (QED) is 0.404. The molecule has 0 spiro atoms. The average molecular weight is 192 g/mol. The van der Waals surface area contributed by atoms with Crippen molar-refractivity contribution in [2.75, 3.05) is 6.61 Å². The summed E-state index contributed by atoms with van der Waals surface area (Å²) in [7, 11) is -1.35. The van der Waals surface area contributed by atoms with Gasteiger partial charge in [-0.15, -0.1) is 5.54 Å². The topological polar surface area (TPSA) is 46.5 Å². The van der Waals surface area contributed by atoms with Crippen LogP contribution in [0.25, 0.3) is 0 Å². The number of hydrogen-bond donors (Lipinski definition) is 1. The van der Waals surface area contributed by atoms with E-state index in [0.29, 0.717) is 0 Å². The lowest BCUT2D eigenvalue weighted by Crippen LogP contribution is -2.16. The lowest BCUT2D eigenvalue weighted by Gasteiger charge is -2.02. The fourth-order valence-electron chi connectivity index (χ4n) is 0.381. The molecule has 0 radical (unpaired) electrons. The van der Waals surface area contributed by atoms with E-state index in [0.717, 1.165) is 0 Å². The van der Waals surface area contributed by atoms with Gasteiger partial charge in [-0.25, -0.2) is 0 Å². The van der Waals surface area contributed by atoms with Gasteiger partial charge >= 0.3 is 11.4 Å². The number of hydrogen-bond acceptors (Lipinski definition) is 2. The Hall–Kier alpha value is -0.153. The SMILES string of the molecule is C[Si](C)(C)C#CCOS(=O)O. The summed E-state index contributed by atoms with van der Waals surface area (Å²) in [6, 6.07) is 0. The van der Waals surface area contributed by atoms with Crippen LogP contribution in [0.4, 0.5) is 0 Å². The molecule has 1 N–H and O–H groups in total. The van der Waals surface area contributed by atoms with Gasteiger partial charge in [0.05, 0.1) is 0 Å². The molecule has 3 nitrogen and oxygen atoms in total. The Balaban J connectivity index is 3.66. The van der Waals surface area contributed by atoms with Crippen molar-refractivity contribution >= 4 is 19.4 Å². The Bertz CT molecular complexity index is 198. The van der Waals surface area contributed by atoms with Crippen molar-refractivity contribution in [1.29, 1.82) is 0 Å². The van der Waals surface area contributed by atoms with Crippen LogP contribution >= 0.6 is 0 Å². The van der Waals surface area contributed by atoms with Crippen molar-refractivity contribution in [2.45, 2.75) is 19.6 Å². The molecular formula is C6H12O3SSi. The molecule has 0 heterocycles. The van der Waals surface area contributed by atoms with E-state index < -0.39 is 19.4 Å². The summed E-state index contributed by atoms with van der Waals surface area (Å²) in [4.78, 5) is 0. The Labute approximate surface area is 70.6 Å². The second-order valence-electron chi connectivity index (χ2n) is 3.03. The second-order valence-corrected chi connectivity index (χ2v) is 8.45. The summed E-state index contributed by atoms with van der Waals surface area (Å²) in [5, 5.41) is 0. The van der Waals surface area contributed by atoms with E-state index in [1.54, 1.807) is 0 Å². The van der Waals surface area contributed by atoms with Crippen molar-refractivity contribution in [3.8, 4) is 11.5 Å². The van der Waals surface area contributed by atoms with Gasteiger partial charge in [-0.2, -0.15) is 4.21 Å². The first-order valence-corrected chi connectivity index (χ1v) is 7.69. The molecule has 0 rings (SSSR count). The standard InChI is InChI=1S/C6H12O3SSi/c1-11(2,3)6-4-5-9-10(7)8/h5H2,1-3H3,(H,7,8). The summed E-state index contributed by atoms with van der Waals surface area (Å²) < 4.78 is 22.4. The van der Waals surface area contributed by atoms with E-state index in [4.69, 9.17) is 4.55 Å². The minimum atomic E-state index is -2.18. The maximum atomic E-state index is 9.96. The maximum absolute atomic E-state index is 9.96. The monoisotopic (exact) mass is 192 g/mol. The van der Waals surface area contributed by atoms with Crippen molar-refractivity contribution < 1.29 is 12.9 Å². The van der Waals surface area contributed by atoms with Gasteiger partial charge in [0.1, 0.15) is 14.7 Å². The Kier molecular flexibility index (Phi) is 4.60. The molecule has 1 unspecified atom stereocenters. The van der Waals surface area contributed by atoms with E-state index in [-0.39, 0.29) is 6.61 Å². The van der Waals surface area contributed by atoms with Crippen LogP contribution in [0.5, 0.6) is 0 Å². The second kappa shape index (κ2) is 4.67. The highest BCUT2D eigenvalue weighted by molar-refractivity contribution is 7.74. The smallest absolute Gasteiger partial charge is 0.284 e. The van der Waals surface area contributed by atoms with E-state index in [2.05, 4.69) is 35.3 Å².